The standard InChI is InChI=1S/C18H25ClN2O.ClH/c19-16-5-3-4-14(10-16)11-18(7-1-2-8-18)17(22)21-9-6-15(12-20)13-21;/h3-5,10,15H,1-2,6-9,11-13,20H2;1H. The first-order valence-corrected chi connectivity index (χ1v) is 8.75. The van der Waals surface area contributed by atoms with Gasteiger partial charge in [0.05, 0.1) is 5.41 Å². The van der Waals surface area contributed by atoms with Crippen LogP contribution in [0.25, 0.3) is 0 Å². The fraction of sp³-hybridized carbons (Fsp3) is 0.611. The van der Waals surface area contributed by atoms with Gasteiger partial charge in [0.15, 0.2) is 0 Å². The number of likely N-dealkylation sites (tertiary alicyclic amines) is 1. The summed E-state index contributed by atoms with van der Waals surface area (Å²) in [6.45, 7) is 2.40. The fourth-order valence-electron chi connectivity index (χ4n) is 4.10. The number of carbonyl (C=O) groups excluding carboxylic acids is 1. The second-order valence-corrected chi connectivity index (χ2v) is 7.37. The summed E-state index contributed by atoms with van der Waals surface area (Å²) in [6, 6.07) is 7.96. The number of rotatable bonds is 4. The highest BCUT2D eigenvalue weighted by molar-refractivity contribution is 6.30. The fourth-order valence-corrected chi connectivity index (χ4v) is 4.31. The van der Waals surface area contributed by atoms with Crippen LogP contribution in [0.5, 0.6) is 0 Å². The Bertz CT molecular complexity index is 544. The summed E-state index contributed by atoms with van der Waals surface area (Å²) in [5.74, 6) is 0.828. The number of amides is 1. The molecular formula is C18H26Cl2N2O. The highest BCUT2D eigenvalue weighted by Crippen LogP contribution is 2.43. The molecule has 1 saturated heterocycles. The summed E-state index contributed by atoms with van der Waals surface area (Å²) in [5.41, 5.74) is 6.73. The third-order valence-corrected chi connectivity index (χ3v) is 5.59. The van der Waals surface area contributed by atoms with Gasteiger partial charge in [-0.1, -0.05) is 36.6 Å². The minimum Gasteiger partial charge on any atom is -0.342 e. The molecule has 3 nitrogen and oxygen atoms in total. The van der Waals surface area contributed by atoms with Gasteiger partial charge < -0.3 is 10.6 Å². The predicted molar refractivity (Wildman–Crippen MR) is 97.0 cm³/mol. The number of benzene rings is 1. The third kappa shape index (κ3) is 4.01. The van der Waals surface area contributed by atoms with Gasteiger partial charge in [-0.3, -0.25) is 4.79 Å². The summed E-state index contributed by atoms with van der Waals surface area (Å²) < 4.78 is 0. The van der Waals surface area contributed by atoms with Crippen LogP contribution in [0.3, 0.4) is 0 Å². The van der Waals surface area contributed by atoms with Gasteiger partial charge in [0.25, 0.3) is 0 Å². The van der Waals surface area contributed by atoms with Crippen LogP contribution in [-0.2, 0) is 11.2 Å². The summed E-state index contributed by atoms with van der Waals surface area (Å²) in [6.07, 6.45) is 6.18. The molecule has 2 aliphatic rings. The van der Waals surface area contributed by atoms with E-state index in [2.05, 4.69) is 11.0 Å². The van der Waals surface area contributed by atoms with Crippen LogP contribution in [0.1, 0.15) is 37.7 Å². The van der Waals surface area contributed by atoms with Crippen molar-refractivity contribution in [1.29, 1.82) is 0 Å². The van der Waals surface area contributed by atoms with Crippen LogP contribution in [0.4, 0.5) is 0 Å². The minimum absolute atomic E-state index is 0. The Hall–Kier alpha value is -0.770. The number of nitrogens with zero attached hydrogens (tertiary/aromatic N) is 1. The molecule has 1 atom stereocenters. The quantitative estimate of drug-likeness (QED) is 0.894. The van der Waals surface area contributed by atoms with Crippen molar-refractivity contribution in [2.45, 2.75) is 38.5 Å². The van der Waals surface area contributed by atoms with Gasteiger partial charge in [0.1, 0.15) is 0 Å². The van der Waals surface area contributed by atoms with E-state index in [1.165, 1.54) is 5.56 Å². The molecule has 0 radical (unpaired) electrons. The van der Waals surface area contributed by atoms with Crippen molar-refractivity contribution in [3.05, 3.63) is 34.9 Å². The average molecular weight is 357 g/mol. The van der Waals surface area contributed by atoms with Crippen molar-refractivity contribution in [2.24, 2.45) is 17.1 Å². The second kappa shape index (κ2) is 7.87. The van der Waals surface area contributed by atoms with Crippen molar-refractivity contribution in [2.75, 3.05) is 19.6 Å². The molecule has 1 heterocycles. The molecule has 2 N–H and O–H groups in total. The van der Waals surface area contributed by atoms with E-state index >= 15 is 0 Å². The van der Waals surface area contributed by atoms with Gasteiger partial charge in [0, 0.05) is 18.1 Å². The van der Waals surface area contributed by atoms with Gasteiger partial charge in [-0.25, -0.2) is 0 Å². The minimum atomic E-state index is -0.214. The van der Waals surface area contributed by atoms with Crippen LogP contribution in [0.15, 0.2) is 24.3 Å². The van der Waals surface area contributed by atoms with Gasteiger partial charge in [-0.05, 0) is 55.8 Å². The Kier molecular flexibility index (Phi) is 6.35. The Morgan fingerprint density at radius 1 is 1.35 bits per heavy atom. The normalized spacial score (nSPS) is 22.9. The number of halogens is 2. The maximum atomic E-state index is 13.2. The van der Waals surface area contributed by atoms with E-state index in [-0.39, 0.29) is 17.8 Å². The molecule has 23 heavy (non-hydrogen) atoms. The summed E-state index contributed by atoms with van der Waals surface area (Å²) in [4.78, 5) is 15.2. The molecule has 1 amide bonds. The molecule has 1 saturated carbocycles. The molecule has 1 unspecified atom stereocenters. The van der Waals surface area contributed by atoms with Crippen molar-refractivity contribution in [1.82, 2.24) is 4.90 Å². The van der Waals surface area contributed by atoms with Gasteiger partial charge in [-0.15, -0.1) is 12.4 Å². The lowest BCUT2D eigenvalue weighted by Crippen LogP contribution is -2.43. The average Bonchev–Trinajstić information content (AvgIpc) is 3.16. The highest BCUT2D eigenvalue weighted by Gasteiger charge is 2.44. The first-order valence-electron chi connectivity index (χ1n) is 8.37. The zero-order chi connectivity index (χ0) is 15.6. The lowest BCUT2D eigenvalue weighted by molar-refractivity contribution is -0.141. The molecule has 1 aromatic carbocycles. The molecule has 3 rings (SSSR count). The Morgan fingerprint density at radius 3 is 2.70 bits per heavy atom. The van der Waals surface area contributed by atoms with Crippen molar-refractivity contribution in [3.8, 4) is 0 Å². The first kappa shape index (κ1) is 18.6. The second-order valence-electron chi connectivity index (χ2n) is 6.94. The van der Waals surface area contributed by atoms with Gasteiger partial charge in [-0.2, -0.15) is 0 Å². The molecular weight excluding hydrogens is 331 g/mol. The Morgan fingerprint density at radius 2 is 2.09 bits per heavy atom. The number of hydrogen-bond acceptors (Lipinski definition) is 2. The number of nitrogens with two attached hydrogens (primary N) is 1. The SMILES string of the molecule is Cl.NCC1CCN(C(=O)C2(Cc3cccc(Cl)c3)CCCC2)C1. The summed E-state index contributed by atoms with van der Waals surface area (Å²) >= 11 is 6.11. The predicted octanol–water partition coefficient (Wildman–Crippen LogP) is 3.67. The van der Waals surface area contributed by atoms with Crippen LogP contribution in [0, 0.1) is 11.3 Å². The molecule has 0 bridgehead atoms. The van der Waals surface area contributed by atoms with Crippen molar-refractivity contribution >= 4 is 29.9 Å². The van der Waals surface area contributed by atoms with Crippen LogP contribution >= 0.6 is 24.0 Å². The molecule has 1 aromatic rings. The van der Waals surface area contributed by atoms with Gasteiger partial charge in [0.2, 0.25) is 5.91 Å². The topological polar surface area (TPSA) is 46.3 Å². The maximum absolute atomic E-state index is 13.2. The van der Waals surface area contributed by atoms with E-state index in [1.54, 1.807) is 0 Å². The largest absolute Gasteiger partial charge is 0.342 e. The number of carbonyl (C=O) groups is 1. The van der Waals surface area contributed by atoms with Crippen LogP contribution in [-0.4, -0.2) is 30.4 Å². The van der Waals surface area contributed by atoms with Crippen LogP contribution in [0.2, 0.25) is 5.02 Å². The Labute approximate surface area is 150 Å². The smallest absolute Gasteiger partial charge is 0.229 e. The van der Waals surface area contributed by atoms with Crippen molar-refractivity contribution < 1.29 is 4.79 Å². The highest BCUT2D eigenvalue weighted by atomic mass is 35.5. The van der Waals surface area contributed by atoms with E-state index in [4.69, 9.17) is 17.3 Å². The summed E-state index contributed by atoms with van der Waals surface area (Å²) in [5, 5.41) is 0.752. The molecule has 0 aromatic heterocycles. The molecule has 128 valence electrons. The molecule has 1 aliphatic carbocycles. The van der Waals surface area contributed by atoms with Crippen LogP contribution < -0.4 is 5.73 Å². The molecule has 1 aliphatic heterocycles. The molecule has 0 spiro atoms. The summed E-state index contributed by atoms with van der Waals surface area (Å²) in [7, 11) is 0. The maximum Gasteiger partial charge on any atom is 0.229 e. The molecule has 5 heteroatoms. The van der Waals surface area contributed by atoms with Crippen molar-refractivity contribution in [3.63, 3.8) is 0 Å². The van der Waals surface area contributed by atoms with E-state index in [1.807, 2.05) is 18.2 Å². The van der Waals surface area contributed by atoms with E-state index < -0.39 is 0 Å². The van der Waals surface area contributed by atoms with E-state index in [0.717, 1.165) is 56.6 Å². The number of hydrogen-bond donors (Lipinski definition) is 1. The van der Waals surface area contributed by atoms with Gasteiger partial charge >= 0.3 is 0 Å². The third-order valence-electron chi connectivity index (χ3n) is 5.35. The lowest BCUT2D eigenvalue weighted by atomic mass is 9.78. The zero-order valence-corrected chi connectivity index (χ0v) is 15.0. The lowest BCUT2D eigenvalue weighted by Gasteiger charge is -2.32. The molecule has 2 fully saturated rings. The first-order chi connectivity index (χ1) is 10.6. The Balaban J connectivity index is 0.00000192. The van der Waals surface area contributed by atoms with E-state index in [0.29, 0.717) is 18.4 Å². The van der Waals surface area contributed by atoms with E-state index in [9.17, 15) is 4.79 Å². The zero-order valence-electron chi connectivity index (χ0n) is 13.5. The monoisotopic (exact) mass is 356 g/mol.